The molecule has 194 valence electrons. The van der Waals surface area contributed by atoms with E-state index >= 15 is 0 Å². The smallest absolute Gasteiger partial charge is 0.434 e. The molecule has 8 heteroatoms. The zero-order valence-electron chi connectivity index (χ0n) is 20.8. The van der Waals surface area contributed by atoms with Crippen molar-refractivity contribution in [1.29, 1.82) is 0 Å². The summed E-state index contributed by atoms with van der Waals surface area (Å²) in [6.07, 6.45) is 7.83. The second kappa shape index (κ2) is 9.31. The first-order valence-electron chi connectivity index (χ1n) is 12.8. The average molecular weight is 509 g/mol. The third-order valence-electron chi connectivity index (χ3n) is 9.58. The molecular weight excluding hydrogens is 472 g/mol. The van der Waals surface area contributed by atoms with Crippen molar-refractivity contribution < 1.29 is 34.1 Å². The van der Waals surface area contributed by atoms with Gasteiger partial charge in [-0.3, -0.25) is 9.59 Å². The molecule has 0 aromatic carbocycles. The van der Waals surface area contributed by atoms with Crippen molar-refractivity contribution in [2.45, 2.75) is 88.7 Å². The summed E-state index contributed by atoms with van der Waals surface area (Å²) in [6, 6.07) is 0. The van der Waals surface area contributed by atoms with E-state index in [4.69, 9.17) is 21.1 Å². The van der Waals surface area contributed by atoms with Crippen molar-refractivity contribution >= 4 is 29.3 Å². The van der Waals surface area contributed by atoms with E-state index in [-0.39, 0.29) is 37.1 Å². The van der Waals surface area contributed by atoms with E-state index in [1.807, 2.05) is 26.8 Å². The van der Waals surface area contributed by atoms with Crippen molar-refractivity contribution in [3.8, 4) is 0 Å². The minimum absolute atomic E-state index is 0.0781. The number of hydrogen-bond acceptors (Lipinski definition) is 7. The van der Waals surface area contributed by atoms with Gasteiger partial charge in [0.1, 0.15) is 6.61 Å². The van der Waals surface area contributed by atoms with Crippen LogP contribution in [0.2, 0.25) is 0 Å². The summed E-state index contributed by atoms with van der Waals surface area (Å²) >= 11 is 7.41. The summed E-state index contributed by atoms with van der Waals surface area (Å²) in [5.41, 5.74) is -2.31. The maximum atomic E-state index is 13.2. The number of hydrogen-bond donors (Lipinski definition) is 2. The number of halogens is 1. The predicted molar refractivity (Wildman–Crippen MR) is 130 cm³/mol. The van der Waals surface area contributed by atoms with Crippen molar-refractivity contribution in [2.24, 2.45) is 22.7 Å². The summed E-state index contributed by atoms with van der Waals surface area (Å²) in [6.45, 7) is 5.32. The Hall–Kier alpha value is -1.70. The Kier molecular flexibility index (Phi) is 7.01. The summed E-state index contributed by atoms with van der Waals surface area (Å²) in [4.78, 5) is 36.9. The van der Waals surface area contributed by atoms with Gasteiger partial charge in [-0.2, -0.15) is 0 Å². The molecule has 3 saturated carbocycles. The lowest BCUT2D eigenvalue weighted by molar-refractivity contribution is -0.179. The Morgan fingerprint density at radius 1 is 1.20 bits per heavy atom. The van der Waals surface area contributed by atoms with Crippen molar-refractivity contribution in [1.82, 2.24) is 0 Å². The van der Waals surface area contributed by atoms with Gasteiger partial charge in [0.05, 0.1) is 17.6 Å². The second-order valence-corrected chi connectivity index (χ2v) is 11.7. The highest BCUT2D eigenvalue weighted by Crippen LogP contribution is 2.71. The van der Waals surface area contributed by atoms with Crippen LogP contribution in [0.1, 0.15) is 72.1 Å². The van der Waals surface area contributed by atoms with Gasteiger partial charge in [-0.1, -0.05) is 45.3 Å². The first-order chi connectivity index (χ1) is 16.5. The fraction of sp³-hybridized carbons (Fsp3) is 0.741. The highest BCUT2D eigenvalue weighted by atomic mass is 35.5. The van der Waals surface area contributed by atoms with Crippen LogP contribution < -0.4 is 0 Å². The lowest BCUT2D eigenvalue weighted by atomic mass is 9.45. The highest BCUT2D eigenvalue weighted by molar-refractivity contribution is 6.26. The third kappa shape index (κ3) is 3.72. The minimum Gasteiger partial charge on any atom is -0.434 e. The quantitative estimate of drug-likeness (QED) is 0.300. The van der Waals surface area contributed by atoms with Gasteiger partial charge in [0.15, 0.2) is 11.4 Å². The number of fused-ring (bicyclic) bond motifs is 5. The summed E-state index contributed by atoms with van der Waals surface area (Å²) in [5, 5.41) is 21.5. The number of carbonyl (C=O) groups is 3. The minimum atomic E-state index is -1.59. The molecule has 4 aliphatic rings. The van der Waals surface area contributed by atoms with Gasteiger partial charge < -0.3 is 19.7 Å². The van der Waals surface area contributed by atoms with Crippen LogP contribution in [0.5, 0.6) is 0 Å². The molecule has 0 bridgehead atoms. The number of alkyl halides is 1. The van der Waals surface area contributed by atoms with E-state index < -0.39 is 46.0 Å². The molecule has 4 rings (SSSR count). The fourth-order valence-corrected chi connectivity index (χ4v) is 8.21. The van der Waals surface area contributed by atoms with Gasteiger partial charge in [0.25, 0.3) is 0 Å². The predicted octanol–water partition coefficient (Wildman–Crippen LogP) is 4.27. The Labute approximate surface area is 211 Å². The topological polar surface area (TPSA) is 110 Å². The highest BCUT2D eigenvalue weighted by Gasteiger charge is 2.74. The van der Waals surface area contributed by atoms with Crippen LogP contribution in [-0.4, -0.2) is 57.7 Å². The molecule has 0 aliphatic heterocycles. The molecule has 1 unspecified atom stereocenters. The molecule has 0 saturated heterocycles. The Morgan fingerprint density at radius 2 is 1.94 bits per heavy atom. The average Bonchev–Trinajstić information content (AvgIpc) is 3.10. The molecule has 0 amide bonds. The number of carbonyl (C=O) groups excluding carboxylic acids is 3. The molecule has 7 atom stereocenters. The van der Waals surface area contributed by atoms with E-state index in [0.717, 1.165) is 18.4 Å². The number of ketones is 2. The number of unbranched alkanes of at least 4 members (excludes halogenated alkanes) is 2. The number of Topliss-reactive ketones (excluding diaryl/α,β-unsaturated/α-hetero) is 1. The van der Waals surface area contributed by atoms with Gasteiger partial charge in [0.2, 0.25) is 5.78 Å². The van der Waals surface area contributed by atoms with Crippen LogP contribution in [0.25, 0.3) is 0 Å². The van der Waals surface area contributed by atoms with Crippen LogP contribution >= 0.6 is 11.6 Å². The molecule has 2 N–H and O–H groups in total. The van der Waals surface area contributed by atoms with Gasteiger partial charge in [-0.05, 0) is 62.5 Å². The largest absolute Gasteiger partial charge is 0.509 e. The zero-order chi connectivity index (χ0) is 25.6. The van der Waals surface area contributed by atoms with Gasteiger partial charge in [-0.25, -0.2) is 4.79 Å². The number of aliphatic hydroxyl groups is 2. The van der Waals surface area contributed by atoms with Crippen molar-refractivity contribution in [3.05, 3.63) is 23.8 Å². The second-order valence-electron chi connectivity index (χ2n) is 11.1. The zero-order valence-corrected chi connectivity index (χ0v) is 21.6. The SMILES string of the molecule is CCCCCOC(=O)O[C@]1(C(=O)CO)CC[C@H]2[C@@H]3CCC4=CC(=O)C=C[C@]4(C)[C@@]3(Cl)C(O)C[C@@]21C. The molecule has 0 aromatic rings. The van der Waals surface area contributed by atoms with E-state index in [2.05, 4.69) is 0 Å². The summed E-state index contributed by atoms with van der Waals surface area (Å²) < 4.78 is 11.1. The summed E-state index contributed by atoms with van der Waals surface area (Å²) in [5.74, 6) is -0.967. The molecule has 3 fully saturated rings. The van der Waals surface area contributed by atoms with E-state index in [9.17, 15) is 24.6 Å². The van der Waals surface area contributed by atoms with E-state index in [0.29, 0.717) is 25.7 Å². The molecule has 4 aliphatic carbocycles. The number of rotatable bonds is 7. The number of aliphatic hydroxyl groups excluding tert-OH is 2. The van der Waals surface area contributed by atoms with Crippen LogP contribution in [0.3, 0.4) is 0 Å². The van der Waals surface area contributed by atoms with Gasteiger partial charge in [-0.15, -0.1) is 11.6 Å². The van der Waals surface area contributed by atoms with Crippen molar-refractivity contribution in [2.75, 3.05) is 13.2 Å². The molecule has 35 heavy (non-hydrogen) atoms. The lowest BCUT2D eigenvalue weighted by Gasteiger charge is -2.63. The number of allylic oxidation sites excluding steroid dienone is 4. The normalized spacial score (nSPS) is 41.9. The van der Waals surface area contributed by atoms with Crippen LogP contribution in [0.4, 0.5) is 4.79 Å². The van der Waals surface area contributed by atoms with Crippen LogP contribution in [-0.2, 0) is 19.1 Å². The van der Waals surface area contributed by atoms with Crippen LogP contribution in [0, 0.1) is 22.7 Å². The lowest BCUT2D eigenvalue weighted by Crippen LogP contribution is -2.69. The van der Waals surface area contributed by atoms with Gasteiger partial charge >= 0.3 is 6.16 Å². The molecular formula is C27H37ClO7. The Bertz CT molecular complexity index is 959. The first-order valence-corrected chi connectivity index (χ1v) is 13.2. The molecule has 0 heterocycles. The summed E-state index contributed by atoms with van der Waals surface area (Å²) in [7, 11) is 0. The van der Waals surface area contributed by atoms with E-state index in [1.165, 1.54) is 6.08 Å². The standard InChI is InChI=1S/C27H37ClO7/c1-4-5-6-13-34-23(33)35-26(22(32)16-29)12-10-19-20-8-7-17-14-18(30)9-11-24(17,2)27(20,28)21(31)15-25(19,26)3/h9,11,14,19-21,29,31H,4-8,10,12-13,15-16H2,1-3H3/t19-,20-,21?,24-,25-,26-,27-/m0/s1. The van der Waals surface area contributed by atoms with Crippen molar-refractivity contribution in [3.63, 3.8) is 0 Å². The Morgan fingerprint density at radius 3 is 2.63 bits per heavy atom. The van der Waals surface area contributed by atoms with E-state index in [1.54, 1.807) is 6.08 Å². The first kappa shape index (κ1) is 26.4. The molecule has 0 radical (unpaired) electrons. The molecule has 7 nitrogen and oxygen atoms in total. The molecule has 0 spiro atoms. The molecule has 0 aromatic heterocycles. The third-order valence-corrected chi connectivity index (χ3v) is 10.5. The van der Waals surface area contributed by atoms with Crippen LogP contribution in [0.15, 0.2) is 23.8 Å². The van der Waals surface area contributed by atoms with Gasteiger partial charge in [0, 0.05) is 10.8 Å². The monoisotopic (exact) mass is 508 g/mol. The number of ether oxygens (including phenoxy) is 2. The maximum Gasteiger partial charge on any atom is 0.509 e. The Balaban J connectivity index is 1.68. The maximum absolute atomic E-state index is 13.2. The fourth-order valence-electron chi connectivity index (χ4n) is 7.69.